The quantitative estimate of drug-likeness (QED) is 0.578. The van der Waals surface area contributed by atoms with E-state index in [9.17, 15) is 0 Å². The summed E-state index contributed by atoms with van der Waals surface area (Å²) in [5.41, 5.74) is 5.48. The zero-order chi connectivity index (χ0) is 20.6. The van der Waals surface area contributed by atoms with E-state index >= 15 is 0 Å². The molecule has 2 aliphatic rings. The fourth-order valence-corrected chi connectivity index (χ4v) is 4.77. The zero-order valence-electron chi connectivity index (χ0n) is 17.7. The zero-order valence-corrected chi connectivity index (χ0v) is 17.7. The lowest BCUT2D eigenvalue weighted by atomic mass is 9.90. The first-order valence-corrected chi connectivity index (χ1v) is 11.0. The Kier molecular flexibility index (Phi) is 4.81. The monoisotopic (exact) mass is 399 g/mol. The van der Waals surface area contributed by atoms with E-state index in [1.807, 2.05) is 12.4 Å². The number of rotatable bonds is 4. The number of nitrogens with one attached hydrogen (secondary N) is 3. The predicted molar refractivity (Wildman–Crippen MR) is 123 cm³/mol. The van der Waals surface area contributed by atoms with Gasteiger partial charge in [-0.2, -0.15) is 0 Å². The third-order valence-corrected chi connectivity index (χ3v) is 6.49. The van der Waals surface area contributed by atoms with Crippen molar-refractivity contribution in [3.63, 3.8) is 0 Å². The molecule has 1 aliphatic carbocycles. The molecule has 0 saturated heterocycles. The van der Waals surface area contributed by atoms with Crippen molar-refractivity contribution in [2.45, 2.75) is 57.5 Å². The minimum absolute atomic E-state index is 0.356. The molecule has 3 aromatic rings. The standard InChI is InChI=1S/C25H29N5/c1-3-17-8-4-7-11-20(17)18-14-21-22(16-28-23(21)27-15-18)25(2)12-13-26-24(30-25)29-19-9-5-6-10-19/h4,7-8,11-16,19H,3,5-6,9-10H2,1-2H3,(H,27,28)(H2,26,29,30). The molecule has 30 heavy (non-hydrogen) atoms. The molecule has 1 aliphatic heterocycles. The fraction of sp³-hybridized carbons (Fsp3) is 0.360. The highest BCUT2D eigenvalue weighted by Crippen LogP contribution is 2.34. The van der Waals surface area contributed by atoms with Crippen LogP contribution in [0.1, 0.15) is 50.7 Å². The SMILES string of the molecule is CCc1ccccc1-c1cnc2[nH]cc(C3(C)C=CN=C(NC4CCCC4)N3)c2c1. The van der Waals surface area contributed by atoms with Crippen LogP contribution in [-0.2, 0) is 12.0 Å². The molecule has 1 atom stereocenters. The van der Waals surface area contributed by atoms with E-state index < -0.39 is 0 Å². The number of benzene rings is 1. The number of pyridine rings is 1. The molecule has 3 N–H and O–H groups in total. The van der Waals surface area contributed by atoms with Crippen LogP contribution in [0.4, 0.5) is 0 Å². The highest BCUT2D eigenvalue weighted by atomic mass is 15.2. The number of aromatic amines is 1. The van der Waals surface area contributed by atoms with Crippen molar-refractivity contribution >= 4 is 17.0 Å². The van der Waals surface area contributed by atoms with Crippen LogP contribution in [0.2, 0.25) is 0 Å². The molecular weight excluding hydrogens is 370 g/mol. The lowest BCUT2D eigenvalue weighted by Gasteiger charge is -2.32. The van der Waals surface area contributed by atoms with Crippen molar-refractivity contribution < 1.29 is 0 Å². The highest BCUT2D eigenvalue weighted by molar-refractivity contribution is 5.89. The summed E-state index contributed by atoms with van der Waals surface area (Å²) in [7, 11) is 0. The van der Waals surface area contributed by atoms with Crippen molar-refractivity contribution in [1.82, 2.24) is 20.6 Å². The Balaban J connectivity index is 1.50. The summed E-state index contributed by atoms with van der Waals surface area (Å²) in [5.74, 6) is 0.863. The van der Waals surface area contributed by atoms with Crippen molar-refractivity contribution in [2.75, 3.05) is 0 Å². The number of H-pyrrole nitrogens is 1. The molecule has 5 rings (SSSR count). The summed E-state index contributed by atoms with van der Waals surface area (Å²) >= 11 is 0. The number of aromatic nitrogens is 2. The third kappa shape index (κ3) is 3.38. The molecule has 0 spiro atoms. The Bertz CT molecular complexity index is 1120. The summed E-state index contributed by atoms with van der Waals surface area (Å²) in [4.78, 5) is 12.6. The largest absolute Gasteiger partial charge is 0.353 e. The van der Waals surface area contributed by atoms with E-state index in [4.69, 9.17) is 4.98 Å². The minimum Gasteiger partial charge on any atom is -0.353 e. The van der Waals surface area contributed by atoms with Crippen LogP contribution in [0.3, 0.4) is 0 Å². The lowest BCUT2D eigenvalue weighted by Crippen LogP contribution is -2.51. The fourth-order valence-electron chi connectivity index (χ4n) is 4.77. The first-order chi connectivity index (χ1) is 14.7. The Labute approximate surface area is 177 Å². The molecule has 5 nitrogen and oxygen atoms in total. The Morgan fingerprint density at radius 1 is 1.20 bits per heavy atom. The lowest BCUT2D eigenvalue weighted by molar-refractivity contribution is 0.518. The van der Waals surface area contributed by atoms with Gasteiger partial charge in [-0.25, -0.2) is 9.98 Å². The maximum absolute atomic E-state index is 4.73. The Morgan fingerprint density at radius 2 is 2.03 bits per heavy atom. The average molecular weight is 400 g/mol. The van der Waals surface area contributed by atoms with Crippen LogP contribution in [0.25, 0.3) is 22.2 Å². The van der Waals surface area contributed by atoms with Crippen LogP contribution < -0.4 is 10.6 Å². The number of nitrogens with zero attached hydrogens (tertiary/aromatic N) is 2. The van der Waals surface area contributed by atoms with Gasteiger partial charge in [-0.1, -0.05) is 44.0 Å². The minimum atomic E-state index is -0.356. The predicted octanol–water partition coefficient (Wildman–Crippen LogP) is 5.01. The Hall–Kier alpha value is -3.08. The van der Waals surface area contributed by atoms with Gasteiger partial charge in [-0.15, -0.1) is 0 Å². The summed E-state index contributed by atoms with van der Waals surface area (Å²) in [5, 5.41) is 8.37. The molecule has 0 bridgehead atoms. The van der Waals surface area contributed by atoms with Gasteiger partial charge in [0.2, 0.25) is 0 Å². The van der Waals surface area contributed by atoms with Gasteiger partial charge < -0.3 is 15.6 Å². The second-order valence-electron chi connectivity index (χ2n) is 8.58. The second-order valence-corrected chi connectivity index (χ2v) is 8.58. The molecule has 154 valence electrons. The van der Waals surface area contributed by atoms with Gasteiger partial charge in [-0.3, -0.25) is 0 Å². The summed E-state index contributed by atoms with van der Waals surface area (Å²) in [6.07, 6.45) is 14.1. The van der Waals surface area contributed by atoms with Crippen LogP contribution in [0.15, 0.2) is 60.0 Å². The number of aliphatic imine (C=N–C) groups is 1. The van der Waals surface area contributed by atoms with Crippen LogP contribution in [0, 0.1) is 0 Å². The molecule has 1 aromatic carbocycles. The van der Waals surface area contributed by atoms with Crippen molar-refractivity contribution in [3.05, 3.63) is 66.1 Å². The van der Waals surface area contributed by atoms with Gasteiger partial charge in [0, 0.05) is 41.1 Å². The third-order valence-electron chi connectivity index (χ3n) is 6.49. The Morgan fingerprint density at radius 3 is 2.87 bits per heavy atom. The number of fused-ring (bicyclic) bond motifs is 1. The summed E-state index contributed by atoms with van der Waals surface area (Å²) in [6.45, 7) is 4.40. The van der Waals surface area contributed by atoms with Gasteiger partial charge in [0.25, 0.3) is 0 Å². The number of guanidine groups is 1. The molecule has 5 heteroatoms. The highest BCUT2D eigenvalue weighted by Gasteiger charge is 2.31. The number of hydrogen-bond acceptors (Lipinski definition) is 4. The van der Waals surface area contributed by atoms with Crippen LogP contribution in [0.5, 0.6) is 0 Å². The molecule has 1 unspecified atom stereocenters. The normalized spacial score (nSPS) is 21.6. The van der Waals surface area contributed by atoms with Crippen LogP contribution >= 0.6 is 0 Å². The van der Waals surface area contributed by atoms with E-state index in [1.54, 1.807) is 0 Å². The first-order valence-electron chi connectivity index (χ1n) is 11.0. The van der Waals surface area contributed by atoms with Crippen molar-refractivity contribution in [3.8, 4) is 11.1 Å². The van der Waals surface area contributed by atoms with Crippen LogP contribution in [-0.4, -0.2) is 22.0 Å². The smallest absolute Gasteiger partial charge is 0.197 e. The second kappa shape index (κ2) is 7.63. The van der Waals surface area contributed by atoms with E-state index in [1.165, 1.54) is 42.4 Å². The van der Waals surface area contributed by atoms with E-state index in [2.05, 4.69) is 77.1 Å². The number of aryl methyl sites for hydroxylation is 1. The van der Waals surface area contributed by atoms with Gasteiger partial charge in [0.15, 0.2) is 5.96 Å². The molecule has 3 heterocycles. The maximum Gasteiger partial charge on any atom is 0.197 e. The van der Waals surface area contributed by atoms with Gasteiger partial charge in [0.05, 0.1) is 5.54 Å². The van der Waals surface area contributed by atoms with E-state index in [-0.39, 0.29) is 5.54 Å². The van der Waals surface area contributed by atoms with Gasteiger partial charge in [0.1, 0.15) is 5.65 Å². The molecule has 2 aromatic heterocycles. The first kappa shape index (κ1) is 18.9. The topological polar surface area (TPSA) is 65.1 Å². The van der Waals surface area contributed by atoms with Crippen molar-refractivity contribution in [2.24, 2.45) is 4.99 Å². The van der Waals surface area contributed by atoms with Crippen molar-refractivity contribution in [1.29, 1.82) is 0 Å². The van der Waals surface area contributed by atoms with E-state index in [0.29, 0.717) is 6.04 Å². The maximum atomic E-state index is 4.73. The molecular formula is C25H29N5. The van der Waals surface area contributed by atoms with Gasteiger partial charge >= 0.3 is 0 Å². The van der Waals surface area contributed by atoms with Gasteiger partial charge in [-0.05, 0) is 49.5 Å². The molecule has 1 saturated carbocycles. The summed E-state index contributed by atoms with van der Waals surface area (Å²) in [6, 6.07) is 11.4. The molecule has 0 amide bonds. The summed E-state index contributed by atoms with van der Waals surface area (Å²) < 4.78 is 0. The average Bonchev–Trinajstić information content (AvgIpc) is 3.43. The molecule has 1 fully saturated rings. The molecule has 0 radical (unpaired) electrons. The number of hydrogen-bond donors (Lipinski definition) is 3. The van der Waals surface area contributed by atoms with E-state index in [0.717, 1.165) is 29.0 Å².